The van der Waals surface area contributed by atoms with Crippen LogP contribution in [0.2, 0.25) is 0 Å². The molecule has 1 aromatic rings. The molecule has 0 spiro atoms. The van der Waals surface area contributed by atoms with Gasteiger partial charge in [0.25, 0.3) is 0 Å². The lowest BCUT2D eigenvalue weighted by Crippen LogP contribution is -2.51. The molecule has 0 bridgehead atoms. The highest BCUT2D eigenvalue weighted by Crippen LogP contribution is 2.28. The van der Waals surface area contributed by atoms with Crippen LogP contribution in [0.4, 0.5) is 5.82 Å². The Morgan fingerprint density at radius 3 is 2.35 bits per heavy atom. The van der Waals surface area contributed by atoms with Crippen molar-refractivity contribution < 1.29 is 0 Å². The molecule has 4 nitrogen and oxygen atoms in total. The summed E-state index contributed by atoms with van der Waals surface area (Å²) in [6, 6.07) is 4.22. The van der Waals surface area contributed by atoms with Gasteiger partial charge in [-0.15, -0.1) is 5.10 Å². The zero-order chi connectivity index (χ0) is 14.2. The van der Waals surface area contributed by atoms with Crippen molar-refractivity contribution in [3.05, 3.63) is 17.8 Å². The molecular formula is C16H26N4. The number of aromatic nitrogens is 2. The highest BCUT2D eigenvalue weighted by atomic mass is 15.3. The van der Waals surface area contributed by atoms with Crippen LogP contribution in [0.25, 0.3) is 0 Å². The zero-order valence-corrected chi connectivity index (χ0v) is 12.9. The molecule has 2 fully saturated rings. The molecule has 1 aromatic heterocycles. The first-order chi connectivity index (χ1) is 9.52. The standard InChI is InChI=1S/C16H26N4/c1-16(2,3)14-6-7-15(19-18-14)20-10-13(11-20)9-17-8-12-4-5-12/h6-7,12-13,17H,4-5,8-11H2,1-3H3. The molecule has 2 aliphatic rings. The minimum Gasteiger partial charge on any atom is -0.354 e. The van der Waals surface area contributed by atoms with Crippen LogP contribution >= 0.6 is 0 Å². The largest absolute Gasteiger partial charge is 0.354 e. The number of hydrogen-bond acceptors (Lipinski definition) is 4. The zero-order valence-electron chi connectivity index (χ0n) is 12.9. The Kier molecular flexibility index (Phi) is 3.67. The van der Waals surface area contributed by atoms with Crippen molar-refractivity contribution in [2.75, 3.05) is 31.1 Å². The quantitative estimate of drug-likeness (QED) is 0.894. The van der Waals surface area contributed by atoms with Crippen LogP contribution in [0.1, 0.15) is 39.3 Å². The molecule has 1 aliphatic heterocycles. The Balaban J connectivity index is 1.44. The van der Waals surface area contributed by atoms with E-state index in [0.29, 0.717) is 0 Å². The van der Waals surface area contributed by atoms with Crippen molar-refractivity contribution in [3.63, 3.8) is 0 Å². The Bertz CT molecular complexity index is 439. The average molecular weight is 274 g/mol. The predicted molar refractivity (Wildman–Crippen MR) is 82.0 cm³/mol. The summed E-state index contributed by atoms with van der Waals surface area (Å²) in [4.78, 5) is 2.32. The first-order valence-corrected chi connectivity index (χ1v) is 7.82. The average Bonchev–Trinajstić information content (AvgIpc) is 3.15. The fourth-order valence-electron chi connectivity index (χ4n) is 2.59. The summed E-state index contributed by atoms with van der Waals surface area (Å²) in [6.45, 7) is 11.1. The highest BCUT2D eigenvalue weighted by Gasteiger charge is 2.29. The summed E-state index contributed by atoms with van der Waals surface area (Å²) >= 11 is 0. The van der Waals surface area contributed by atoms with Crippen molar-refractivity contribution in [2.45, 2.75) is 39.0 Å². The minimum absolute atomic E-state index is 0.0791. The topological polar surface area (TPSA) is 41.0 Å². The van der Waals surface area contributed by atoms with E-state index in [4.69, 9.17) is 0 Å². The van der Waals surface area contributed by atoms with Gasteiger partial charge >= 0.3 is 0 Å². The molecular weight excluding hydrogens is 248 g/mol. The molecule has 1 N–H and O–H groups in total. The second-order valence-electron chi connectivity index (χ2n) is 7.40. The van der Waals surface area contributed by atoms with Gasteiger partial charge in [-0.05, 0) is 37.4 Å². The molecule has 1 saturated heterocycles. The Hall–Kier alpha value is -1.16. The number of nitrogens with one attached hydrogen (secondary N) is 1. The Morgan fingerprint density at radius 2 is 1.80 bits per heavy atom. The molecule has 2 heterocycles. The lowest BCUT2D eigenvalue weighted by atomic mass is 9.92. The SMILES string of the molecule is CC(C)(C)c1ccc(N2CC(CNCC3CC3)C2)nn1. The lowest BCUT2D eigenvalue weighted by Gasteiger charge is -2.40. The molecule has 110 valence electrons. The third-order valence-electron chi connectivity index (χ3n) is 4.26. The van der Waals surface area contributed by atoms with Gasteiger partial charge < -0.3 is 10.2 Å². The van der Waals surface area contributed by atoms with Gasteiger partial charge in [-0.3, -0.25) is 0 Å². The van der Waals surface area contributed by atoms with Gasteiger partial charge in [-0.1, -0.05) is 20.8 Å². The van der Waals surface area contributed by atoms with Gasteiger partial charge in [0.05, 0.1) is 5.69 Å². The predicted octanol–water partition coefficient (Wildman–Crippen LogP) is 2.21. The van der Waals surface area contributed by atoms with E-state index in [1.54, 1.807) is 0 Å². The third kappa shape index (κ3) is 3.29. The molecule has 4 heteroatoms. The Labute approximate surface area is 122 Å². The third-order valence-corrected chi connectivity index (χ3v) is 4.26. The molecule has 0 amide bonds. The van der Waals surface area contributed by atoms with Crippen molar-refractivity contribution in [2.24, 2.45) is 11.8 Å². The molecule has 3 rings (SSSR count). The molecule has 20 heavy (non-hydrogen) atoms. The van der Waals surface area contributed by atoms with E-state index in [9.17, 15) is 0 Å². The second kappa shape index (κ2) is 5.32. The monoisotopic (exact) mass is 274 g/mol. The van der Waals surface area contributed by atoms with E-state index < -0.39 is 0 Å². The van der Waals surface area contributed by atoms with E-state index in [1.807, 2.05) is 0 Å². The van der Waals surface area contributed by atoms with Gasteiger partial charge in [0.1, 0.15) is 0 Å². The number of nitrogens with zero attached hydrogens (tertiary/aromatic N) is 3. The summed E-state index contributed by atoms with van der Waals surface area (Å²) in [7, 11) is 0. The number of rotatable bonds is 5. The molecule has 1 saturated carbocycles. The van der Waals surface area contributed by atoms with E-state index in [0.717, 1.165) is 43.0 Å². The maximum atomic E-state index is 4.38. The van der Waals surface area contributed by atoms with Crippen LogP contribution in [-0.4, -0.2) is 36.4 Å². The van der Waals surface area contributed by atoms with Gasteiger partial charge in [-0.25, -0.2) is 0 Å². The van der Waals surface area contributed by atoms with Crippen LogP contribution in [-0.2, 0) is 5.41 Å². The summed E-state index contributed by atoms with van der Waals surface area (Å²) in [6.07, 6.45) is 2.86. The van der Waals surface area contributed by atoms with Crippen LogP contribution < -0.4 is 10.2 Å². The van der Waals surface area contributed by atoms with E-state index in [1.165, 1.54) is 19.4 Å². The minimum atomic E-state index is 0.0791. The first kappa shape index (κ1) is 13.8. The first-order valence-electron chi connectivity index (χ1n) is 7.82. The van der Waals surface area contributed by atoms with E-state index in [2.05, 4.69) is 53.3 Å². The van der Waals surface area contributed by atoms with Crippen LogP contribution in [0.5, 0.6) is 0 Å². The number of anilines is 1. The van der Waals surface area contributed by atoms with Crippen molar-refractivity contribution >= 4 is 5.82 Å². The maximum Gasteiger partial charge on any atom is 0.151 e. The molecule has 1 aliphatic carbocycles. The summed E-state index contributed by atoms with van der Waals surface area (Å²) in [5, 5.41) is 12.3. The van der Waals surface area contributed by atoms with E-state index >= 15 is 0 Å². The summed E-state index contributed by atoms with van der Waals surface area (Å²) < 4.78 is 0. The Morgan fingerprint density at radius 1 is 1.10 bits per heavy atom. The fraction of sp³-hybridized carbons (Fsp3) is 0.750. The maximum absolute atomic E-state index is 4.38. The molecule has 0 aromatic carbocycles. The number of hydrogen-bond donors (Lipinski definition) is 1. The van der Waals surface area contributed by atoms with Crippen LogP contribution in [0, 0.1) is 11.8 Å². The van der Waals surface area contributed by atoms with Gasteiger partial charge in [0, 0.05) is 31.0 Å². The van der Waals surface area contributed by atoms with Gasteiger partial charge in [0.15, 0.2) is 5.82 Å². The second-order valence-corrected chi connectivity index (χ2v) is 7.40. The smallest absolute Gasteiger partial charge is 0.151 e. The van der Waals surface area contributed by atoms with Crippen molar-refractivity contribution in [1.29, 1.82) is 0 Å². The molecule has 0 unspecified atom stereocenters. The van der Waals surface area contributed by atoms with Gasteiger partial charge in [0.2, 0.25) is 0 Å². The lowest BCUT2D eigenvalue weighted by molar-refractivity contribution is 0.379. The van der Waals surface area contributed by atoms with Gasteiger partial charge in [-0.2, -0.15) is 5.10 Å². The van der Waals surface area contributed by atoms with Crippen LogP contribution in [0.15, 0.2) is 12.1 Å². The molecule has 0 atom stereocenters. The van der Waals surface area contributed by atoms with Crippen molar-refractivity contribution in [3.8, 4) is 0 Å². The van der Waals surface area contributed by atoms with Crippen molar-refractivity contribution in [1.82, 2.24) is 15.5 Å². The highest BCUT2D eigenvalue weighted by molar-refractivity contribution is 5.41. The molecule has 0 radical (unpaired) electrons. The fourth-order valence-corrected chi connectivity index (χ4v) is 2.59. The summed E-state index contributed by atoms with van der Waals surface area (Å²) in [5.41, 5.74) is 1.14. The summed E-state index contributed by atoms with van der Waals surface area (Å²) in [5.74, 6) is 2.77. The normalized spacial score (nSPS) is 20.1. The van der Waals surface area contributed by atoms with Crippen LogP contribution in [0.3, 0.4) is 0 Å². The van der Waals surface area contributed by atoms with E-state index in [-0.39, 0.29) is 5.41 Å².